The van der Waals surface area contributed by atoms with E-state index < -0.39 is 35.9 Å². The van der Waals surface area contributed by atoms with E-state index in [1.807, 2.05) is 54.0 Å². The van der Waals surface area contributed by atoms with Gasteiger partial charge in [-0.2, -0.15) is 0 Å². The first-order chi connectivity index (χ1) is 31.9. The highest BCUT2D eigenvalue weighted by Crippen LogP contribution is 2.48. The zero-order chi connectivity index (χ0) is 45.9. The maximum absolute atomic E-state index is 14.8. The summed E-state index contributed by atoms with van der Waals surface area (Å²) in [5.74, 6) is -1.25. The van der Waals surface area contributed by atoms with E-state index in [-0.39, 0.29) is 42.7 Å². The van der Waals surface area contributed by atoms with Gasteiger partial charge in [0.15, 0.2) is 5.79 Å². The second-order valence-corrected chi connectivity index (χ2v) is 19.5. The molecule has 1 spiro atoms. The summed E-state index contributed by atoms with van der Waals surface area (Å²) < 4.78 is 22.5. The molecule has 3 aliphatic carbocycles. The molecule has 16 heteroatoms. The van der Waals surface area contributed by atoms with Crippen LogP contribution in [0.3, 0.4) is 0 Å². The van der Waals surface area contributed by atoms with Gasteiger partial charge in [-0.05, 0) is 97.6 Å². The van der Waals surface area contributed by atoms with Crippen molar-refractivity contribution in [1.29, 1.82) is 0 Å². The van der Waals surface area contributed by atoms with E-state index in [1.54, 1.807) is 0 Å². The number of amides is 3. The number of aliphatic hydroxyl groups excluding tert-OH is 1. The summed E-state index contributed by atoms with van der Waals surface area (Å²) in [6.07, 6.45) is 7.73. The van der Waals surface area contributed by atoms with Crippen LogP contribution >= 0.6 is 0 Å². The number of benzene rings is 2. The van der Waals surface area contributed by atoms with Gasteiger partial charge in [0.05, 0.1) is 55.9 Å². The number of allylic oxidation sites excluding steroid dienone is 6. The fraction of sp³-hybridized carbons (Fsp3) is 0.540. The number of alkyl carbamates (subject to hydrolysis) is 1. The summed E-state index contributed by atoms with van der Waals surface area (Å²) in [4.78, 5) is 45.1. The minimum Gasteiger partial charge on any atom is -0.453 e. The van der Waals surface area contributed by atoms with E-state index in [0.29, 0.717) is 31.7 Å². The van der Waals surface area contributed by atoms with Crippen molar-refractivity contribution in [2.24, 2.45) is 5.92 Å². The Kier molecular flexibility index (Phi) is 11.9. The summed E-state index contributed by atoms with van der Waals surface area (Å²) in [6, 6.07) is 14.6. The monoisotopic (exact) mass is 904 g/mol. The molecule has 352 valence electrons. The predicted octanol–water partition coefficient (Wildman–Crippen LogP) is 4.18. The molecular formula is C50H64N8O8. The minimum absolute atomic E-state index is 0.0147. The molecular weight excluding hydrogens is 841 g/mol. The number of ether oxygens (including phenoxy) is 4. The lowest BCUT2D eigenvalue weighted by atomic mass is 9.81. The van der Waals surface area contributed by atoms with Gasteiger partial charge in [0.1, 0.15) is 18.4 Å². The van der Waals surface area contributed by atoms with Crippen LogP contribution in [0.4, 0.5) is 4.79 Å². The van der Waals surface area contributed by atoms with Crippen molar-refractivity contribution >= 4 is 29.2 Å². The number of nitrogens with zero attached hydrogens (tertiary/aromatic N) is 2. The first-order valence-corrected chi connectivity index (χ1v) is 23.7. The first kappa shape index (κ1) is 44.4. The molecule has 8 aliphatic rings. The Balaban J connectivity index is 0.848. The van der Waals surface area contributed by atoms with Crippen LogP contribution in [0, 0.1) is 5.92 Å². The molecule has 7 atom stereocenters. The zero-order valence-corrected chi connectivity index (χ0v) is 38.6. The van der Waals surface area contributed by atoms with Gasteiger partial charge in [0.25, 0.3) is 5.91 Å². The molecule has 10 rings (SSSR count). The van der Waals surface area contributed by atoms with E-state index in [1.165, 1.54) is 53.3 Å². The molecule has 66 heavy (non-hydrogen) atoms. The molecule has 0 aromatic heterocycles. The normalized spacial score (nSPS) is 27.6. The maximum atomic E-state index is 14.8. The number of carbonyl (C=O) groups excluding carboxylic acids is 3. The number of carbonyl (C=O) groups is 3. The number of likely N-dealkylation sites (tertiary alicyclic amines) is 2. The van der Waals surface area contributed by atoms with Crippen LogP contribution in [0.5, 0.6) is 0 Å². The average Bonchev–Trinajstić information content (AvgIpc) is 4.20. The van der Waals surface area contributed by atoms with E-state index >= 15 is 0 Å². The van der Waals surface area contributed by atoms with E-state index in [9.17, 15) is 19.5 Å². The average molecular weight is 905 g/mol. The molecule has 0 radical (unpaired) electrons. The van der Waals surface area contributed by atoms with Crippen LogP contribution in [0.2, 0.25) is 0 Å². The Morgan fingerprint density at radius 2 is 1.67 bits per heavy atom. The Morgan fingerprint density at radius 3 is 2.42 bits per heavy atom. The van der Waals surface area contributed by atoms with Gasteiger partial charge in [-0.3, -0.25) is 14.9 Å². The molecule has 7 unspecified atom stereocenters. The Morgan fingerprint density at radius 1 is 0.894 bits per heavy atom. The Bertz CT molecular complexity index is 2390. The van der Waals surface area contributed by atoms with Gasteiger partial charge in [-0.25, -0.2) is 4.79 Å². The minimum atomic E-state index is -1.21. The largest absolute Gasteiger partial charge is 0.453 e. The molecule has 7 N–H and O–H groups in total. The maximum Gasteiger partial charge on any atom is 0.407 e. The predicted molar refractivity (Wildman–Crippen MR) is 246 cm³/mol. The van der Waals surface area contributed by atoms with Gasteiger partial charge in [-0.15, -0.1) is 0 Å². The molecule has 5 aliphatic heterocycles. The van der Waals surface area contributed by atoms with Crippen LogP contribution in [0.1, 0.15) is 100 Å². The number of nitrogens with one attached hydrogen (secondary N) is 6. The highest BCUT2D eigenvalue weighted by atomic mass is 16.7. The lowest BCUT2D eigenvalue weighted by Gasteiger charge is -2.41. The zero-order valence-electron chi connectivity index (χ0n) is 38.6. The Hall–Kier alpha value is -5.39. The van der Waals surface area contributed by atoms with Gasteiger partial charge in [0.2, 0.25) is 12.3 Å². The molecule has 16 nitrogen and oxygen atoms in total. The summed E-state index contributed by atoms with van der Waals surface area (Å²) in [6.45, 7) is 7.85. The summed E-state index contributed by atoms with van der Waals surface area (Å²) in [5, 5.41) is 31.2. The van der Waals surface area contributed by atoms with Crippen LogP contribution in [0.15, 0.2) is 82.8 Å². The van der Waals surface area contributed by atoms with Crippen molar-refractivity contribution in [3.05, 3.63) is 105 Å². The SMILES string of the molecule is COC(=O)NC(C(=O)N1CC2(CC1(C)C1NC3=C(N1)C1=C(C=C(c4ccc5c(c4)CCC4=C5NC(C5CCCN5C(=O)C(NC(O)OC)C(C)C)N4)CC1)CC3)OCCO2)c1ccccc1. The molecule has 5 heterocycles. The third-order valence-electron chi connectivity index (χ3n) is 15.2. The van der Waals surface area contributed by atoms with E-state index in [2.05, 4.69) is 63.1 Å². The van der Waals surface area contributed by atoms with Crippen LogP contribution in [-0.2, 0) is 35.0 Å². The van der Waals surface area contributed by atoms with E-state index in [0.717, 1.165) is 68.5 Å². The molecule has 3 amide bonds. The van der Waals surface area contributed by atoms with Crippen LogP contribution in [-0.4, -0.2) is 115 Å². The second-order valence-electron chi connectivity index (χ2n) is 19.5. The summed E-state index contributed by atoms with van der Waals surface area (Å²) in [7, 11) is 2.71. The third kappa shape index (κ3) is 7.93. The van der Waals surface area contributed by atoms with Crippen molar-refractivity contribution in [3.8, 4) is 0 Å². The number of aryl methyl sites for hydroxylation is 1. The van der Waals surface area contributed by atoms with Crippen LogP contribution < -0.4 is 31.9 Å². The number of hydrogen-bond donors (Lipinski definition) is 7. The summed E-state index contributed by atoms with van der Waals surface area (Å²) >= 11 is 0. The second kappa shape index (κ2) is 17.7. The quantitative estimate of drug-likeness (QED) is 0.160. The fourth-order valence-electron chi connectivity index (χ4n) is 11.8. The molecule has 2 aromatic carbocycles. The number of aliphatic hydroxyl groups is 1. The standard InChI is InChI=1S/C50H64N8O8/c1-28(2)39(55-47(61)63-4)44(59)57-21-9-12-38(57)43-51-36-19-15-32-24-30(13-17-34(32)41(36)53-43)31-14-18-35-33(25-31)16-20-37-42(35)54-46(52-37)49(3)26-50(65-22-23-66-50)27-58(49)45(60)40(56-48(62)64-5)29-10-7-6-8-11-29/h6-8,10-11,13,17,24-25,28,38-40,43,46-47,51-55,61H,9,12,14-16,18-23,26-27H2,1-5H3,(H,56,62). The molecule has 3 fully saturated rings. The molecule has 2 aromatic rings. The first-order valence-electron chi connectivity index (χ1n) is 23.7. The van der Waals surface area contributed by atoms with E-state index in [4.69, 9.17) is 18.9 Å². The summed E-state index contributed by atoms with van der Waals surface area (Å²) in [5.41, 5.74) is 12.3. The topological polar surface area (TPSA) is 187 Å². The number of hydrogen-bond acceptors (Lipinski definition) is 13. The van der Waals surface area contributed by atoms with Gasteiger partial charge in [0, 0.05) is 37.0 Å². The van der Waals surface area contributed by atoms with Gasteiger partial charge >= 0.3 is 6.09 Å². The number of fused-ring (bicyclic) bond motifs is 3. The number of rotatable bonds is 11. The molecule has 0 saturated carbocycles. The van der Waals surface area contributed by atoms with Crippen molar-refractivity contribution in [2.45, 2.75) is 127 Å². The molecule has 3 saturated heterocycles. The van der Waals surface area contributed by atoms with Crippen LogP contribution in [0.25, 0.3) is 11.3 Å². The number of methoxy groups -OCH3 is 2. The third-order valence-corrected chi connectivity index (χ3v) is 15.2. The van der Waals surface area contributed by atoms with Gasteiger partial charge in [-0.1, -0.05) is 68.5 Å². The highest BCUT2D eigenvalue weighted by Gasteiger charge is 2.61. The Labute approximate surface area is 386 Å². The van der Waals surface area contributed by atoms with Gasteiger partial charge < -0.3 is 60.4 Å². The smallest absolute Gasteiger partial charge is 0.407 e. The van der Waals surface area contributed by atoms with Crippen molar-refractivity contribution < 1.29 is 38.4 Å². The lowest BCUT2D eigenvalue weighted by Crippen LogP contribution is -2.62. The fourth-order valence-corrected chi connectivity index (χ4v) is 11.8. The highest BCUT2D eigenvalue weighted by molar-refractivity contribution is 5.88. The lowest BCUT2D eigenvalue weighted by molar-refractivity contribution is -0.153. The van der Waals surface area contributed by atoms with Crippen molar-refractivity contribution in [3.63, 3.8) is 0 Å². The van der Waals surface area contributed by atoms with Crippen molar-refractivity contribution in [2.75, 3.05) is 40.5 Å². The van der Waals surface area contributed by atoms with Crippen molar-refractivity contribution in [1.82, 2.24) is 41.7 Å². The molecule has 0 bridgehead atoms.